The van der Waals surface area contributed by atoms with Gasteiger partial charge in [0, 0.05) is 18.3 Å². The fourth-order valence-corrected chi connectivity index (χ4v) is 3.84. The lowest BCUT2D eigenvalue weighted by molar-refractivity contribution is 0.0618. The molecule has 0 unspecified atom stereocenters. The number of rotatable bonds is 4. The van der Waals surface area contributed by atoms with Crippen LogP contribution >= 0.6 is 0 Å². The molecule has 1 aromatic heterocycles. The van der Waals surface area contributed by atoms with E-state index >= 15 is 0 Å². The highest BCUT2D eigenvalue weighted by atomic mass is 16.5. The summed E-state index contributed by atoms with van der Waals surface area (Å²) in [5, 5.41) is 3.22. The molecule has 0 radical (unpaired) electrons. The van der Waals surface area contributed by atoms with Crippen molar-refractivity contribution in [3.63, 3.8) is 0 Å². The molecule has 0 aliphatic carbocycles. The monoisotopic (exact) mass is 325 g/mol. The molecule has 5 rings (SSSR count). The van der Waals surface area contributed by atoms with Gasteiger partial charge in [-0.1, -0.05) is 0 Å². The highest BCUT2D eigenvalue weighted by Crippen LogP contribution is 2.28. The number of piperidine rings is 3. The Labute approximate surface area is 142 Å². The van der Waals surface area contributed by atoms with E-state index in [0.29, 0.717) is 11.6 Å². The van der Waals surface area contributed by atoms with Crippen LogP contribution in [-0.4, -0.2) is 48.6 Å². The summed E-state index contributed by atoms with van der Waals surface area (Å²) in [6.07, 6.45) is 2.40. The van der Waals surface area contributed by atoms with Gasteiger partial charge in [-0.25, -0.2) is 0 Å². The first-order chi connectivity index (χ1) is 11.7. The Kier molecular flexibility index (Phi) is 4.02. The van der Waals surface area contributed by atoms with Crippen LogP contribution in [-0.2, 0) is 0 Å². The number of aromatic amines is 1. The van der Waals surface area contributed by atoms with Crippen LogP contribution < -0.4 is 10.1 Å². The number of hydrogen-bond acceptors (Lipinski definition) is 3. The average Bonchev–Trinajstić information content (AvgIpc) is 3.13. The summed E-state index contributed by atoms with van der Waals surface area (Å²) < 4.78 is 5.18. The normalized spacial score (nSPS) is 25.5. The van der Waals surface area contributed by atoms with E-state index in [1.807, 2.05) is 36.4 Å². The highest BCUT2D eigenvalue weighted by molar-refractivity contribution is 5.93. The predicted molar refractivity (Wildman–Crippen MR) is 93.2 cm³/mol. The van der Waals surface area contributed by atoms with Crippen molar-refractivity contribution in [1.82, 2.24) is 15.2 Å². The highest BCUT2D eigenvalue weighted by Gasteiger charge is 2.35. The molecule has 24 heavy (non-hydrogen) atoms. The van der Waals surface area contributed by atoms with Gasteiger partial charge in [-0.3, -0.25) is 4.79 Å². The lowest BCUT2D eigenvalue weighted by Gasteiger charge is -2.44. The van der Waals surface area contributed by atoms with Crippen LogP contribution in [0.4, 0.5) is 0 Å². The Bertz CT molecular complexity index is 714. The van der Waals surface area contributed by atoms with Crippen molar-refractivity contribution in [1.29, 1.82) is 0 Å². The molecule has 1 aromatic carbocycles. The maximum atomic E-state index is 12.6. The van der Waals surface area contributed by atoms with Gasteiger partial charge in [-0.15, -0.1) is 0 Å². The molecule has 5 nitrogen and oxygen atoms in total. The molecule has 3 aliphatic heterocycles. The maximum Gasteiger partial charge on any atom is 0.267 e. The molecule has 2 aromatic rings. The first-order valence-electron chi connectivity index (χ1n) is 8.59. The first-order valence-corrected chi connectivity index (χ1v) is 8.59. The predicted octanol–water partition coefficient (Wildman–Crippen LogP) is 2.51. The molecule has 126 valence electrons. The minimum absolute atomic E-state index is 0.00601. The van der Waals surface area contributed by atoms with Gasteiger partial charge < -0.3 is 19.9 Å². The van der Waals surface area contributed by atoms with E-state index in [0.717, 1.165) is 23.6 Å². The van der Waals surface area contributed by atoms with Crippen LogP contribution in [0.1, 0.15) is 23.3 Å². The fraction of sp³-hybridized carbons (Fsp3) is 0.421. The summed E-state index contributed by atoms with van der Waals surface area (Å²) in [6.45, 7) is 3.35. The number of fused-ring (bicyclic) bond motifs is 3. The Morgan fingerprint density at radius 1 is 1.17 bits per heavy atom. The summed E-state index contributed by atoms with van der Waals surface area (Å²) in [5.41, 5.74) is 2.60. The van der Waals surface area contributed by atoms with Crippen molar-refractivity contribution in [3.8, 4) is 17.0 Å². The van der Waals surface area contributed by atoms with E-state index in [2.05, 4.69) is 15.2 Å². The van der Waals surface area contributed by atoms with Gasteiger partial charge in [-0.2, -0.15) is 0 Å². The number of aromatic nitrogens is 1. The van der Waals surface area contributed by atoms with E-state index in [-0.39, 0.29) is 11.9 Å². The van der Waals surface area contributed by atoms with E-state index < -0.39 is 0 Å². The van der Waals surface area contributed by atoms with Crippen LogP contribution in [0.15, 0.2) is 36.4 Å². The number of nitrogens with one attached hydrogen (secondary N) is 2. The summed E-state index contributed by atoms with van der Waals surface area (Å²) in [5.74, 6) is 1.45. The van der Waals surface area contributed by atoms with Crippen LogP contribution in [0.5, 0.6) is 5.75 Å². The third-order valence-corrected chi connectivity index (χ3v) is 5.30. The van der Waals surface area contributed by atoms with Crippen LogP contribution in [0.3, 0.4) is 0 Å². The zero-order chi connectivity index (χ0) is 16.5. The quantitative estimate of drug-likeness (QED) is 0.908. The number of H-pyrrole nitrogens is 1. The van der Waals surface area contributed by atoms with E-state index in [1.165, 1.54) is 25.9 Å². The van der Waals surface area contributed by atoms with Crippen LogP contribution in [0, 0.1) is 5.92 Å². The Morgan fingerprint density at radius 2 is 1.92 bits per heavy atom. The van der Waals surface area contributed by atoms with Crippen LogP contribution in [0.2, 0.25) is 0 Å². The van der Waals surface area contributed by atoms with Crippen molar-refractivity contribution in [2.24, 2.45) is 5.92 Å². The smallest absolute Gasteiger partial charge is 0.267 e. The number of ether oxygens (including phenoxy) is 1. The second-order valence-corrected chi connectivity index (χ2v) is 6.73. The number of methoxy groups -OCH3 is 1. The topological polar surface area (TPSA) is 57.4 Å². The molecule has 3 fully saturated rings. The van der Waals surface area contributed by atoms with E-state index in [4.69, 9.17) is 4.74 Å². The molecule has 1 amide bonds. The van der Waals surface area contributed by atoms with Gasteiger partial charge in [0.05, 0.1) is 7.11 Å². The van der Waals surface area contributed by atoms with Crippen molar-refractivity contribution in [2.45, 2.75) is 18.9 Å². The fourth-order valence-electron chi connectivity index (χ4n) is 3.84. The van der Waals surface area contributed by atoms with Crippen molar-refractivity contribution in [3.05, 3.63) is 42.1 Å². The van der Waals surface area contributed by atoms with Crippen molar-refractivity contribution >= 4 is 5.91 Å². The van der Waals surface area contributed by atoms with Gasteiger partial charge in [0.25, 0.3) is 5.91 Å². The molecule has 5 heteroatoms. The molecule has 3 aliphatic rings. The van der Waals surface area contributed by atoms with Gasteiger partial charge in [0.1, 0.15) is 11.4 Å². The number of carbonyl (C=O) groups is 1. The standard InChI is InChI=1S/C19H23N3O2/c1-24-15-4-2-13(3-5-15)16-6-7-17(20-16)19(23)21-18-12-22-10-8-14(18)9-11-22/h2-7,14,18,20H,8-12H2,1H3,(H,21,23)/t18-/m0/s1. The van der Waals surface area contributed by atoms with Crippen LogP contribution in [0.25, 0.3) is 11.3 Å². The number of benzene rings is 1. The third kappa shape index (κ3) is 2.91. The maximum absolute atomic E-state index is 12.6. The Hall–Kier alpha value is -2.27. The van der Waals surface area contributed by atoms with E-state index in [9.17, 15) is 4.79 Å². The Balaban J connectivity index is 1.44. The molecule has 2 N–H and O–H groups in total. The van der Waals surface area contributed by atoms with Gasteiger partial charge in [0.2, 0.25) is 0 Å². The van der Waals surface area contributed by atoms with Crippen molar-refractivity contribution < 1.29 is 9.53 Å². The van der Waals surface area contributed by atoms with Gasteiger partial charge in [-0.05, 0) is 73.8 Å². The minimum atomic E-state index is -0.00601. The molecular weight excluding hydrogens is 302 g/mol. The lowest BCUT2D eigenvalue weighted by Crippen LogP contribution is -2.57. The lowest BCUT2D eigenvalue weighted by atomic mass is 9.84. The van der Waals surface area contributed by atoms with Crippen molar-refractivity contribution in [2.75, 3.05) is 26.7 Å². The molecule has 2 bridgehead atoms. The third-order valence-electron chi connectivity index (χ3n) is 5.30. The average molecular weight is 325 g/mol. The number of hydrogen-bond donors (Lipinski definition) is 2. The number of amides is 1. The summed E-state index contributed by atoms with van der Waals surface area (Å²) in [4.78, 5) is 18.2. The molecule has 3 saturated heterocycles. The summed E-state index contributed by atoms with van der Waals surface area (Å²) in [7, 11) is 1.65. The number of carbonyl (C=O) groups excluding carboxylic acids is 1. The second-order valence-electron chi connectivity index (χ2n) is 6.73. The molecule has 4 heterocycles. The molecule has 0 spiro atoms. The number of nitrogens with zero attached hydrogens (tertiary/aromatic N) is 1. The van der Waals surface area contributed by atoms with Gasteiger partial charge >= 0.3 is 0 Å². The SMILES string of the molecule is COc1ccc(-c2ccc(C(=O)N[C@H]3CN4CCC3CC4)[nH]2)cc1. The van der Waals surface area contributed by atoms with E-state index in [1.54, 1.807) is 7.11 Å². The zero-order valence-electron chi connectivity index (χ0n) is 13.9. The molecule has 0 saturated carbocycles. The van der Waals surface area contributed by atoms with Gasteiger partial charge in [0.15, 0.2) is 0 Å². The largest absolute Gasteiger partial charge is 0.497 e. The molecular formula is C19H23N3O2. The summed E-state index contributed by atoms with van der Waals surface area (Å²) >= 11 is 0. The molecule has 1 atom stereocenters. The first kappa shape index (κ1) is 15.3. The Morgan fingerprint density at radius 3 is 2.54 bits per heavy atom. The zero-order valence-corrected chi connectivity index (χ0v) is 13.9. The summed E-state index contributed by atoms with van der Waals surface area (Å²) in [6, 6.07) is 11.9. The second kappa shape index (κ2) is 6.32. The minimum Gasteiger partial charge on any atom is -0.497 e.